The van der Waals surface area contributed by atoms with E-state index in [1.54, 1.807) is 5.57 Å². The fourth-order valence-electron chi connectivity index (χ4n) is 2.40. The Labute approximate surface area is 66.7 Å². The molecule has 1 spiro atoms. The molecule has 3 aliphatic rings. The Morgan fingerprint density at radius 2 is 2.45 bits per heavy atom. The highest BCUT2D eigenvalue weighted by molar-refractivity contribution is 5.37. The molecule has 0 N–H and O–H groups in total. The summed E-state index contributed by atoms with van der Waals surface area (Å²) in [6.45, 7) is 1.16. The van der Waals surface area contributed by atoms with Crippen LogP contribution in [0.25, 0.3) is 0 Å². The molecule has 2 bridgehead atoms. The van der Waals surface area contributed by atoms with Gasteiger partial charge in [0.1, 0.15) is 0 Å². The van der Waals surface area contributed by atoms with E-state index in [2.05, 4.69) is 35.4 Å². The molecular formula is C10H11N. The monoisotopic (exact) mass is 145 g/mol. The minimum absolute atomic E-state index is 0.379. The summed E-state index contributed by atoms with van der Waals surface area (Å²) in [5.41, 5.74) is 1.97. The number of allylic oxidation sites excluding steroid dienone is 2. The van der Waals surface area contributed by atoms with Gasteiger partial charge < -0.3 is 4.90 Å². The molecule has 1 fully saturated rings. The summed E-state index contributed by atoms with van der Waals surface area (Å²) in [4.78, 5) is 2.46. The molecular weight excluding hydrogens is 134 g/mol. The van der Waals surface area contributed by atoms with Gasteiger partial charge in [-0.05, 0) is 24.6 Å². The molecule has 2 heterocycles. The van der Waals surface area contributed by atoms with E-state index < -0.39 is 0 Å². The zero-order chi connectivity index (χ0) is 7.31. The Balaban J connectivity index is 2.14. The summed E-state index contributed by atoms with van der Waals surface area (Å²) in [5, 5.41) is 0. The second kappa shape index (κ2) is 1.60. The maximum absolute atomic E-state index is 2.46. The van der Waals surface area contributed by atoms with Crippen LogP contribution in [-0.2, 0) is 0 Å². The number of fused-ring (bicyclic) bond motifs is 1. The predicted octanol–water partition coefficient (Wildman–Crippen LogP) is 1.84. The molecule has 1 nitrogen and oxygen atoms in total. The largest absolute Gasteiger partial charge is 0.364 e. The molecule has 11 heavy (non-hydrogen) atoms. The van der Waals surface area contributed by atoms with Gasteiger partial charge in [0.25, 0.3) is 0 Å². The maximum Gasteiger partial charge on any atom is 0.0658 e. The fourth-order valence-corrected chi connectivity index (χ4v) is 2.40. The van der Waals surface area contributed by atoms with Crippen LogP contribution in [0.15, 0.2) is 36.1 Å². The van der Waals surface area contributed by atoms with Crippen molar-refractivity contribution in [3.63, 3.8) is 0 Å². The summed E-state index contributed by atoms with van der Waals surface area (Å²) >= 11 is 0. The minimum atomic E-state index is 0.379. The highest BCUT2D eigenvalue weighted by Crippen LogP contribution is 2.42. The van der Waals surface area contributed by atoms with Gasteiger partial charge >= 0.3 is 0 Å². The van der Waals surface area contributed by atoms with E-state index in [0.717, 1.165) is 6.54 Å². The smallest absolute Gasteiger partial charge is 0.0658 e. The zero-order valence-electron chi connectivity index (χ0n) is 6.46. The molecule has 0 aromatic rings. The van der Waals surface area contributed by atoms with Crippen LogP contribution in [0.2, 0.25) is 0 Å². The van der Waals surface area contributed by atoms with Crippen molar-refractivity contribution >= 4 is 0 Å². The first kappa shape index (κ1) is 5.64. The highest BCUT2D eigenvalue weighted by atomic mass is 15.2. The van der Waals surface area contributed by atoms with Crippen LogP contribution in [0.1, 0.15) is 12.8 Å². The van der Waals surface area contributed by atoms with Crippen LogP contribution in [0, 0.1) is 0 Å². The molecule has 0 aromatic carbocycles. The van der Waals surface area contributed by atoms with Crippen molar-refractivity contribution in [3.8, 4) is 0 Å². The molecule has 0 unspecified atom stereocenters. The van der Waals surface area contributed by atoms with E-state index in [1.807, 2.05) is 0 Å². The molecule has 1 saturated heterocycles. The van der Waals surface area contributed by atoms with Gasteiger partial charge in [-0.1, -0.05) is 24.3 Å². The minimum Gasteiger partial charge on any atom is -0.364 e. The van der Waals surface area contributed by atoms with Crippen LogP contribution in [0.5, 0.6) is 0 Å². The number of rotatable bonds is 0. The fraction of sp³-hybridized carbons (Fsp3) is 0.400. The van der Waals surface area contributed by atoms with Gasteiger partial charge in [0, 0.05) is 6.54 Å². The number of nitrogens with zero attached hydrogens (tertiary/aromatic N) is 1. The van der Waals surface area contributed by atoms with Crippen LogP contribution < -0.4 is 0 Å². The lowest BCUT2D eigenvalue weighted by molar-refractivity contribution is 0.290. The van der Waals surface area contributed by atoms with E-state index >= 15 is 0 Å². The van der Waals surface area contributed by atoms with Gasteiger partial charge in [0.2, 0.25) is 0 Å². The standard InChI is InChI=1S/C10H11N/c1-3-9-7-10(4-1)5-2-6-11(10)8-9/h1-4,6H,5,7-8H2/t10-/m1/s1. The topological polar surface area (TPSA) is 3.24 Å². The first-order valence-corrected chi connectivity index (χ1v) is 4.20. The third-order valence-corrected chi connectivity index (χ3v) is 2.97. The van der Waals surface area contributed by atoms with Crippen molar-refractivity contribution in [2.75, 3.05) is 6.54 Å². The van der Waals surface area contributed by atoms with Gasteiger partial charge in [-0.15, -0.1) is 0 Å². The summed E-state index contributed by atoms with van der Waals surface area (Å²) in [5.74, 6) is 0. The van der Waals surface area contributed by atoms with Crippen LogP contribution in [0.3, 0.4) is 0 Å². The summed E-state index contributed by atoms with van der Waals surface area (Å²) in [6, 6.07) is 0. The Hall–Kier alpha value is -0.980. The third-order valence-electron chi connectivity index (χ3n) is 2.97. The zero-order valence-corrected chi connectivity index (χ0v) is 6.46. The van der Waals surface area contributed by atoms with E-state index in [-0.39, 0.29) is 0 Å². The van der Waals surface area contributed by atoms with Crippen LogP contribution in [-0.4, -0.2) is 17.0 Å². The lowest BCUT2D eigenvalue weighted by atomic mass is 9.89. The molecule has 0 saturated carbocycles. The third kappa shape index (κ3) is 0.566. The maximum atomic E-state index is 2.46. The molecule has 1 atom stereocenters. The van der Waals surface area contributed by atoms with Crippen molar-refractivity contribution in [3.05, 3.63) is 36.1 Å². The SMILES string of the molecule is C1=C[C@]23CC=CN2CC(=C1)C3. The Morgan fingerprint density at radius 3 is 3.45 bits per heavy atom. The van der Waals surface area contributed by atoms with Crippen molar-refractivity contribution in [1.29, 1.82) is 0 Å². The van der Waals surface area contributed by atoms with Gasteiger partial charge in [0.05, 0.1) is 5.54 Å². The Morgan fingerprint density at radius 1 is 1.45 bits per heavy atom. The van der Waals surface area contributed by atoms with Crippen molar-refractivity contribution in [1.82, 2.24) is 4.90 Å². The molecule has 1 aliphatic carbocycles. The van der Waals surface area contributed by atoms with E-state index in [4.69, 9.17) is 0 Å². The van der Waals surface area contributed by atoms with Crippen molar-refractivity contribution < 1.29 is 0 Å². The second-order valence-corrected chi connectivity index (χ2v) is 3.68. The van der Waals surface area contributed by atoms with Gasteiger partial charge in [-0.2, -0.15) is 0 Å². The van der Waals surface area contributed by atoms with E-state index in [0.29, 0.717) is 5.54 Å². The molecule has 0 aromatic heterocycles. The molecule has 2 aliphatic heterocycles. The predicted molar refractivity (Wildman–Crippen MR) is 45.0 cm³/mol. The molecule has 1 heteroatoms. The lowest BCUT2D eigenvalue weighted by Crippen LogP contribution is -2.34. The van der Waals surface area contributed by atoms with Crippen LogP contribution in [0.4, 0.5) is 0 Å². The van der Waals surface area contributed by atoms with Crippen molar-refractivity contribution in [2.45, 2.75) is 18.4 Å². The quantitative estimate of drug-likeness (QED) is 0.502. The normalized spacial score (nSPS) is 37.8. The Kier molecular flexibility index (Phi) is 0.823. The average molecular weight is 145 g/mol. The highest BCUT2D eigenvalue weighted by Gasteiger charge is 2.42. The summed E-state index contributed by atoms with van der Waals surface area (Å²) in [6.07, 6.45) is 13.8. The second-order valence-electron chi connectivity index (χ2n) is 3.68. The number of hydrogen-bond donors (Lipinski definition) is 0. The van der Waals surface area contributed by atoms with Gasteiger partial charge in [0.15, 0.2) is 0 Å². The van der Waals surface area contributed by atoms with Gasteiger partial charge in [-0.3, -0.25) is 0 Å². The first-order chi connectivity index (χ1) is 5.39. The van der Waals surface area contributed by atoms with E-state index in [9.17, 15) is 0 Å². The average Bonchev–Trinajstić information content (AvgIpc) is 2.43. The molecule has 3 rings (SSSR count). The Bertz CT molecular complexity index is 285. The van der Waals surface area contributed by atoms with Gasteiger partial charge in [-0.25, -0.2) is 0 Å². The van der Waals surface area contributed by atoms with E-state index in [1.165, 1.54) is 12.8 Å². The molecule has 56 valence electrons. The van der Waals surface area contributed by atoms with Crippen molar-refractivity contribution in [2.24, 2.45) is 0 Å². The van der Waals surface area contributed by atoms with Crippen LogP contribution >= 0.6 is 0 Å². The molecule has 0 radical (unpaired) electrons. The summed E-state index contributed by atoms with van der Waals surface area (Å²) < 4.78 is 0. The summed E-state index contributed by atoms with van der Waals surface area (Å²) in [7, 11) is 0. The molecule has 0 amide bonds. The lowest BCUT2D eigenvalue weighted by Gasteiger charge is -2.29. The first-order valence-electron chi connectivity index (χ1n) is 4.20. The number of hydrogen-bond acceptors (Lipinski definition) is 1.